The van der Waals surface area contributed by atoms with Crippen LogP contribution in [0.5, 0.6) is 0 Å². The molecule has 7 heteroatoms. The Kier molecular flexibility index (Phi) is 9.88. The lowest BCUT2D eigenvalue weighted by Gasteiger charge is -2.29. The first-order valence-electron chi connectivity index (χ1n) is 8.84. The van der Waals surface area contributed by atoms with Crippen LogP contribution < -0.4 is 11.1 Å². The fourth-order valence-corrected chi connectivity index (χ4v) is 3.15. The number of hydrogen-bond donors (Lipinski definition) is 2. The maximum absolute atomic E-state index is 12.3. The Morgan fingerprint density at radius 3 is 2.62 bits per heavy atom. The first-order valence-corrected chi connectivity index (χ1v) is 8.84. The summed E-state index contributed by atoms with van der Waals surface area (Å²) in [5.41, 5.74) is 8.07. The smallest absolute Gasteiger partial charge is 0.239 e. The van der Waals surface area contributed by atoms with Gasteiger partial charge in [0.2, 0.25) is 5.91 Å². The molecule has 1 aromatic heterocycles. The van der Waals surface area contributed by atoms with E-state index in [4.69, 9.17) is 5.73 Å². The highest BCUT2D eigenvalue weighted by atomic mass is 35.5. The Morgan fingerprint density at radius 2 is 1.85 bits per heavy atom. The number of carbonyl (C=O) groups is 1. The quantitative estimate of drug-likeness (QED) is 0.733. The molecule has 2 aromatic rings. The van der Waals surface area contributed by atoms with Gasteiger partial charge in [0.15, 0.2) is 0 Å². The highest BCUT2D eigenvalue weighted by molar-refractivity contribution is 5.85. The number of aromatic nitrogens is 1. The molecule has 1 aliphatic heterocycles. The van der Waals surface area contributed by atoms with Crippen LogP contribution in [0.4, 0.5) is 0 Å². The van der Waals surface area contributed by atoms with Gasteiger partial charge in [-0.25, -0.2) is 0 Å². The van der Waals surface area contributed by atoms with Crippen molar-refractivity contribution >= 4 is 41.6 Å². The predicted molar refractivity (Wildman–Crippen MR) is 111 cm³/mol. The van der Waals surface area contributed by atoms with Gasteiger partial charge >= 0.3 is 0 Å². The number of amides is 1. The van der Waals surface area contributed by atoms with E-state index < -0.39 is 6.04 Å². The van der Waals surface area contributed by atoms with Crippen LogP contribution in [0.15, 0.2) is 36.4 Å². The van der Waals surface area contributed by atoms with E-state index in [1.807, 2.05) is 29.2 Å². The van der Waals surface area contributed by atoms with E-state index in [0.717, 1.165) is 49.1 Å². The molecule has 0 aliphatic carbocycles. The molecule has 1 atom stereocenters. The Balaban J connectivity index is 0.00000169. The molecule has 1 saturated heterocycles. The number of nitrogens with one attached hydrogen (secondary N) is 1. The largest absolute Gasteiger partial charge is 0.341 e. The first-order chi connectivity index (χ1) is 11.7. The van der Waals surface area contributed by atoms with E-state index in [1.165, 1.54) is 6.42 Å². The lowest BCUT2D eigenvalue weighted by Crippen LogP contribution is -2.46. The lowest BCUT2D eigenvalue weighted by atomic mass is 10.1. The Bertz CT molecular complexity index is 692. The fourth-order valence-electron chi connectivity index (χ4n) is 3.15. The highest BCUT2D eigenvalue weighted by Crippen LogP contribution is 2.12. The van der Waals surface area contributed by atoms with Gasteiger partial charge in [-0.3, -0.25) is 9.78 Å². The molecule has 5 nitrogen and oxygen atoms in total. The standard InChI is InChI=1S/C19H26N4O.2ClH/c20-17(19(24)23-12-4-1-5-13-23)10-11-21-14-16-9-8-15-6-2-3-7-18(15)22-16;;/h2-3,6-9,17,21H,1,4-5,10-14,20H2;2*1H/t17-;;/m0../s1. The summed E-state index contributed by atoms with van der Waals surface area (Å²) >= 11 is 0. The summed E-state index contributed by atoms with van der Waals surface area (Å²) in [7, 11) is 0. The molecule has 0 radical (unpaired) electrons. The van der Waals surface area contributed by atoms with E-state index in [9.17, 15) is 4.79 Å². The molecule has 1 fully saturated rings. The molecule has 26 heavy (non-hydrogen) atoms. The zero-order valence-electron chi connectivity index (χ0n) is 14.9. The molecule has 0 unspecified atom stereocenters. The van der Waals surface area contributed by atoms with E-state index in [2.05, 4.69) is 22.4 Å². The third-order valence-corrected chi connectivity index (χ3v) is 4.58. The summed E-state index contributed by atoms with van der Waals surface area (Å²) in [4.78, 5) is 18.8. The minimum Gasteiger partial charge on any atom is -0.341 e. The highest BCUT2D eigenvalue weighted by Gasteiger charge is 2.21. The van der Waals surface area contributed by atoms with E-state index in [1.54, 1.807) is 0 Å². The van der Waals surface area contributed by atoms with Crippen molar-refractivity contribution < 1.29 is 4.79 Å². The van der Waals surface area contributed by atoms with Crippen molar-refractivity contribution in [1.29, 1.82) is 0 Å². The van der Waals surface area contributed by atoms with Crippen LogP contribution in [-0.4, -0.2) is 41.5 Å². The van der Waals surface area contributed by atoms with Crippen molar-refractivity contribution in [2.24, 2.45) is 5.73 Å². The van der Waals surface area contributed by atoms with Crippen LogP contribution in [-0.2, 0) is 11.3 Å². The topological polar surface area (TPSA) is 71.2 Å². The van der Waals surface area contributed by atoms with Crippen molar-refractivity contribution in [1.82, 2.24) is 15.2 Å². The number of carbonyl (C=O) groups excluding carboxylic acids is 1. The van der Waals surface area contributed by atoms with Crippen LogP contribution in [0.1, 0.15) is 31.4 Å². The zero-order valence-corrected chi connectivity index (χ0v) is 16.5. The zero-order chi connectivity index (χ0) is 16.8. The average molecular weight is 399 g/mol. The second-order valence-electron chi connectivity index (χ2n) is 6.45. The number of nitrogens with two attached hydrogens (primary N) is 1. The van der Waals surface area contributed by atoms with Gasteiger partial charge in [-0.05, 0) is 44.4 Å². The number of pyridine rings is 1. The fraction of sp³-hybridized carbons (Fsp3) is 0.474. The molecule has 144 valence electrons. The molecule has 0 bridgehead atoms. The van der Waals surface area contributed by atoms with Crippen LogP contribution >= 0.6 is 24.8 Å². The Hall–Kier alpha value is -1.40. The van der Waals surface area contributed by atoms with Crippen LogP contribution in [0.25, 0.3) is 10.9 Å². The number of benzene rings is 1. The minimum atomic E-state index is -0.403. The normalized spacial score (nSPS) is 15.0. The van der Waals surface area contributed by atoms with E-state index in [-0.39, 0.29) is 30.7 Å². The minimum absolute atomic E-state index is 0. The summed E-state index contributed by atoms with van der Waals surface area (Å²) in [6.45, 7) is 3.13. The molecule has 0 spiro atoms. The molecule has 2 heterocycles. The molecule has 1 aromatic carbocycles. The molecule has 1 aliphatic rings. The average Bonchev–Trinajstić information content (AvgIpc) is 2.65. The van der Waals surface area contributed by atoms with Crippen molar-refractivity contribution in [2.45, 2.75) is 38.3 Å². The summed E-state index contributed by atoms with van der Waals surface area (Å²) in [6.07, 6.45) is 4.08. The van der Waals surface area contributed by atoms with Crippen molar-refractivity contribution in [3.8, 4) is 0 Å². The first kappa shape index (κ1) is 22.6. The summed E-state index contributed by atoms with van der Waals surface area (Å²) in [5, 5.41) is 4.49. The van der Waals surface area contributed by atoms with Crippen molar-refractivity contribution in [3.63, 3.8) is 0 Å². The summed E-state index contributed by atoms with van der Waals surface area (Å²) in [6, 6.07) is 11.8. The summed E-state index contributed by atoms with van der Waals surface area (Å²) < 4.78 is 0. The molecular weight excluding hydrogens is 371 g/mol. The second-order valence-corrected chi connectivity index (χ2v) is 6.45. The van der Waals surface area contributed by atoms with Crippen molar-refractivity contribution in [3.05, 3.63) is 42.1 Å². The molecule has 3 N–H and O–H groups in total. The van der Waals surface area contributed by atoms with Gasteiger partial charge in [0.1, 0.15) is 0 Å². The van der Waals surface area contributed by atoms with Gasteiger partial charge in [-0.2, -0.15) is 0 Å². The third-order valence-electron chi connectivity index (χ3n) is 4.58. The number of piperidine rings is 1. The van der Waals surface area contributed by atoms with E-state index in [0.29, 0.717) is 13.0 Å². The van der Waals surface area contributed by atoms with Crippen LogP contribution in [0.2, 0.25) is 0 Å². The number of likely N-dealkylation sites (tertiary alicyclic amines) is 1. The number of fused-ring (bicyclic) bond motifs is 1. The van der Waals surface area contributed by atoms with Gasteiger partial charge < -0.3 is 16.0 Å². The van der Waals surface area contributed by atoms with Gasteiger partial charge in [-0.15, -0.1) is 24.8 Å². The van der Waals surface area contributed by atoms with Crippen LogP contribution in [0, 0.1) is 0 Å². The van der Waals surface area contributed by atoms with E-state index >= 15 is 0 Å². The number of para-hydroxylation sites is 1. The number of halogens is 2. The number of hydrogen-bond acceptors (Lipinski definition) is 4. The molecule has 0 saturated carbocycles. The molecular formula is C19H28Cl2N4O. The van der Waals surface area contributed by atoms with Crippen molar-refractivity contribution in [2.75, 3.05) is 19.6 Å². The molecule has 1 amide bonds. The lowest BCUT2D eigenvalue weighted by molar-refractivity contribution is -0.133. The van der Waals surface area contributed by atoms with Gasteiger partial charge in [-0.1, -0.05) is 24.3 Å². The third kappa shape index (κ3) is 6.09. The maximum atomic E-state index is 12.3. The SMILES string of the molecule is Cl.Cl.N[C@@H](CCNCc1ccc2ccccc2n1)C(=O)N1CCCCC1. The van der Waals surface area contributed by atoms with Gasteiger partial charge in [0, 0.05) is 25.0 Å². The monoisotopic (exact) mass is 398 g/mol. The number of rotatable bonds is 6. The van der Waals surface area contributed by atoms with Crippen LogP contribution in [0.3, 0.4) is 0 Å². The maximum Gasteiger partial charge on any atom is 0.239 e. The summed E-state index contributed by atoms with van der Waals surface area (Å²) in [5.74, 6) is 0.0975. The number of nitrogens with zero attached hydrogens (tertiary/aromatic N) is 2. The second kappa shape index (κ2) is 11.3. The van der Waals surface area contributed by atoms with Gasteiger partial charge in [0.05, 0.1) is 17.3 Å². The van der Waals surface area contributed by atoms with Gasteiger partial charge in [0.25, 0.3) is 0 Å². The Morgan fingerprint density at radius 1 is 1.12 bits per heavy atom. The Labute approximate surface area is 167 Å². The molecule has 3 rings (SSSR count). The predicted octanol–water partition coefficient (Wildman–Crippen LogP) is 2.90.